The van der Waals surface area contributed by atoms with Crippen molar-refractivity contribution < 1.29 is 175 Å². The van der Waals surface area contributed by atoms with Crippen LogP contribution in [-0.2, 0) is 113 Å². The van der Waals surface area contributed by atoms with Gasteiger partial charge >= 0.3 is 100 Å². The van der Waals surface area contributed by atoms with Crippen molar-refractivity contribution in [3.05, 3.63) is 340 Å². The summed E-state index contributed by atoms with van der Waals surface area (Å²) in [6, 6.07) is 94.5. The summed E-state index contributed by atoms with van der Waals surface area (Å²) >= 11 is 0. The molecule has 0 spiro atoms. The molecule has 0 nitrogen and oxygen atoms in total. The van der Waals surface area contributed by atoms with Crippen LogP contribution < -0.4 is 74.4 Å². The number of fused-ring (bicyclic) bond motifs is 10. The van der Waals surface area contributed by atoms with Crippen molar-refractivity contribution in [2.24, 2.45) is 22.7 Å². The molecule has 1 fully saturated rings. The average molecular weight is 1530 g/mol. The van der Waals surface area contributed by atoms with Crippen LogP contribution in [0.1, 0.15) is 72.9 Å². The summed E-state index contributed by atoms with van der Waals surface area (Å²) in [4.78, 5) is 0. The minimum atomic E-state index is 0. The van der Waals surface area contributed by atoms with E-state index in [1.807, 2.05) is 72.8 Å². The van der Waals surface area contributed by atoms with Gasteiger partial charge in [0, 0.05) is 5.92 Å². The second-order valence-corrected chi connectivity index (χ2v) is 21.0. The van der Waals surface area contributed by atoms with E-state index in [1.165, 1.54) is 90.0 Å². The van der Waals surface area contributed by atoms with E-state index in [-0.39, 0.29) is 195 Å². The van der Waals surface area contributed by atoms with E-state index in [0.29, 0.717) is 11.3 Å². The van der Waals surface area contributed by atoms with E-state index in [9.17, 15) is 0 Å². The first-order chi connectivity index (χ1) is 36.9. The minimum absolute atomic E-state index is 0. The molecule has 0 amide bonds. The Morgan fingerprint density at radius 1 is 0.448 bits per heavy atom. The topological polar surface area (TPSA) is 0 Å². The fourth-order valence-corrected chi connectivity index (χ4v) is 11.9. The molecular formula is C77H73Cl6TiZr3+. The summed E-state index contributed by atoms with van der Waals surface area (Å²) in [7, 11) is 0. The molecule has 0 N–H and O–H groups in total. The van der Waals surface area contributed by atoms with Gasteiger partial charge in [-0.05, 0) is 34.8 Å². The number of halogens is 6. The van der Waals surface area contributed by atoms with Crippen molar-refractivity contribution in [2.75, 3.05) is 0 Å². The second kappa shape index (κ2) is 43.7. The Kier molecular flexibility index (Phi) is 44.4. The molecule has 0 bridgehead atoms. The zero-order valence-electron chi connectivity index (χ0n) is 50.0. The van der Waals surface area contributed by atoms with Gasteiger partial charge in [0.1, 0.15) is 0 Å². The Morgan fingerprint density at radius 3 is 1.33 bits per heavy atom. The molecule has 10 heteroatoms. The van der Waals surface area contributed by atoms with E-state index in [1.54, 1.807) is 0 Å². The van der Waals surface area contributed by atoms with Gasteiger partial charge in [0.05, 0.1) is 0 Å². The number of rotatable bonds is 1. The number of allylic oxidation sites excluding steroid dienone is 3. The van der Waals surface area contributed by atoms with Gasteiger partial charge in [-0.25, -0.2) is 24.3 Å². The van der Waals surface area contributed by atoms with E-state index in [4.69, 9.17) is 0 Å². The maximum atomic E-state index is 3.30. The van der Waals surface area contributed by atoms with Gasteiger partial charge in [-0.3, -0.25) is 0 Å². The zero-order valence-corrected chi connectivity index (χ0v) is 63.4. The Labute approximate surface area is 631 Å². The predicted octanol–water partition coefficient (Wildman–Crippen LogP) is 2.59. The molecule has 0 aromatic heterocycles. The summed E-state index contributed by atoms with van der Waals surface area (Å²) in [6.45, 7) is 7.30. The largest absolute Gasteiger partial charge is 4.00 e. The predicted molar refractivity (Wildman–Crippen MR) is 333 cm³/mol. The van der Waals surface area contributed by atoms with Gasteiger partial charge in [0.25, 0.3) is 0 Å². The molecule has 4 atom stereocenters. The standard InChI is InChI=1S/C21H25.2C13H9.2C9H7.2C5H5.2CH3.6ClH.Ti.3Zr/c1-20(2)13-14-21(3,19-10-6-9-18(19)20)17-12-11-15-7-4-5-8-16(15)17;2*1-3-7-12-10(5-1)9-11-6-2-4-8-13(11)12;2*1-2-5-9-7-3-6-8(9)4-1;2*1-2-4-5-3-1;;;;;;;;;;;;/h4-5,7-9,11-14,17-19H,6,10H2,1-3H3;2*1-5,7-8H,9H2;2*1-7H;2*1-5H;2*1H3;6*1H;;;;/q9*-1;;;;;;;4*+4/p-6. The summed E-state index contributed by atoms with van der Waals surface area (Å²) in [5.74, 6) is 2.05. The maximum Gasteiger partial charge on any atom is 4.00 e. The van der Waals surface area contributed by atoms with Crippen molar-refractivity contribution in [2.45, 2.75) is 52.4 Å². The molecule has 16 rings (SSSR count). The zero-order chi connectivity index (χ0) is 51.3. The van der Waals surface area contributed by atoms with Crippen molar-refractivity contribution in [1.82, 2.24) is 0 Å². The van der Waals surface area contributed by atoms with Crippen LogP contribution in [-0.4, -0.2) is 0 Å². The monoisotopic (exact) mass is 1530 g/mol. The third-order valence-corrected chi connectivity index (χ3v) is 15.8. The number of hydrogen-bond donors (Lipinski definition) is 0. The molecule has 438 valence electrons. The van der Waals surface area contributed by atoms with Crippen LogP contribution in [0.3, 0.4) is 0 Å². The Morgan fingerprint density at radius 2 is 0.874 bits per heavy atom. The molecule has 1 saturated carbocycles. The van der Waals surface area contributed by atoms with E-state index in [2.05, 4.69) is 246 Å². The van der Waals surface area contributed by atoms with Crippen LogP contribution in [0.5, 0.6) is 0 Å². The van der Waals surface area contributed by atoms with Gasteiger partial charge in [0.2, 0.25) is 0 Å². The van der Waals surface area contributed by atoms with Crippen molar-refractivity contribution in [3.8, 4) is 22.3 Å². The smallest absolute Gasteiger partial charge is 1.00 e. The third-order valence-electron chi connectivity index (χ3n) is 15.8. The molecule has 0 heterocycles. The van der Waals surface area contributed by atoms with Crippen LogP contribution in [0.4, 0.5) is 0 Å². The molecule has 0 saturated heterocycles. The van der Waals surface area contributed by atoms with Crippen LogP contribution >= 0.6 is 0 Å². The molecule has 4 unspecified atom stereocenters. The van der Waals surface area contributed by atoms with Crippen LogP contribution in [0.15, 0.2) is 273 Å². The van der Waals surface area contributed by atoms with E-state index in [0.717, 1.165) is 24.7 Å². The first-order valence-electron chi connectivity index (χ1n) is 26.9. The van der Waals surface area contributed by atoms with Crippen LogP contribution in [0, 0.1) is 56.1 Å². The van der Waals surface area contributed by atoms with Gasteiger partial charge in [-0.1, -0.05) is 165 Å². The summed E-state index contributed by atoms with van der Waals surface area (Å²) in [5, 5.41) is 5.32. The first-order valence-corrected chi connectivity index (χ1v) is 26.9. The molecule has 5 aliphatic rings. The average Bonchev–Trinajstić information content (AvgIpc) is 2.02. The normalized spacial score (nSPS) is 16.2. The van der Waals surface area contributed by atoms with Crippen molar-refractivity contribution in [3.63, 3.8) is 0 Å². The molecule has 0 aliphatic heterocycles. The van der Waals surface area contributed by atoms with Gasteiger partial charge in [0.15, 0.2) is 0 Å². The maximum absolute atomic E-state index is 3.30. The first kappa shape index (κ1) is 88.2. The molecule has 11 aromatic carbocycles. The Balaban J connectivity index is -0.000000964. The van der Waals surface area contributed by atoms with Crippen molar-refractivity contribution in [1.29, 1.82) is 0 Å². The molecule has 87 heavy (non-hydrogen) atoms. The third kappa shape index (κ3) is 22.4. The molecular weight excluding hydrogens is 1460 g/mol. The van der Waals surface area contributed by atoms with Gasteiger partial charge in [-0.2, -0.15) is 143 Å². The van der Waals surface area contributed by atoms with E-state index < -0.39 is 0 Å². The summed E-state index contributed by atoms with van der Waals surface area (Å²) < 4.78 is 0. The minimum Gasteiger partial charge on any atom is -1.00 e. The SMILES string of the molecule is CC1(C)C=CC(C)(C2C=Cc3ccccc32)C2CC[CH-]C21.[CH3-].[CH3-].[Cl-].[Cl-].[Cl-].[Cl-].[Cl-].[Cl-].[Ti+4].[Zr+4].[Zr+4].[Zr+4].[c-]1cccc2c1Cc1ccccc1-2.[c-]1cccc2c1Cc1ccccc1-2.c1cc[cH-]c1.c1cc[cH-]c1.c1ccc2[cH-]ccc2c1.c1ccc2[cH-]ccc2c1. The fourth-order valence-electron chi connectivity index (χ4n) is 11.9. The van der Waals surface area contributed by atoms with Crippen LogP contribution in [0.25, 0.3) is 49.9 Å². The fraction of sp³-hybridized carbons (Fsp3) is 0.156. The van der Waals surface area contributed by atoms with Crippen molar-refractivity contribution >= 4 is 27.6 Å². The summed E-state index contributed by atoms with van der Waals surface area (Å²) in [6.07, 6.45) is 17.1. The Bertz CT molecular complexity index is 3240. The van der Waals surface area contributed by atoms with Crippen LogP contribution in [0.2, 0.25) is 0 Å². The molecule has 11 aromatic rings. The van der Waals surface area contributed by atoms with Gasteiger partial charge < -0.3 is 95.7 Å². The quantitative estimate of drug-likeness (QED) is 0.135. The Hall–Kier alpha value is -2.96. The molecule has 0 radical (unpaired) electrons. The summed E-state index contributed by atoms with van der Waals surface area (Å²) in [5.41, 5.74) is 14.5. The molecule has 5 aliphatic carbocycles. The second-order valence-electron chi connectivity index (χ2n) is 21.0. The number of benzene rings is 7. The van der Waals surface area contributed by atoms with Gasteiger partial charge in [-0.15, -0.1) is 70.4 Å². The number of hydrogen-bond acceptors (Lipinski definition) is 0. The van der Waals surface area contributed by atoms with E-state index >= 15 is 0 Å².